The fourth-order valence-electron chi connectivity index (χ4n) is 1.94. The van der Waals surface area contributed by atoms with Crippen LogP contribution in [0.1, 0.15) is 19.4 Å². The molecule has 0 aromatic heterocycles. The summed E-state index contributed by atoms with van der Waals surface area (Å²) in [4.78, 5) is 23.6. The summed E-state index contributed by atoms with van der Waals surface area (Å²) in [6.07, 6.45) is 0.0580. The van der Waals surface area contributed by atoms with E-state index in [0.29, 0.717) is 17.0 Å². The molecule has 6 heteroatoms. The van der Waals surface area contributed by atoms with E-state index in [1.807, 2.05) is 13.8 Å². The van der Waals surface area contributed by atoms with Crippen LogP contribution in [0.25, 0.3) is 0 Å². The normalized spacial score (nSPS) is 10.3. The van der Waals surface area contributed by atoms with Crippen LogP contribution in [0.4, 0.5) is 10.1 Å². The number of carbonyl (C=O) groups excluding carboxylic acids is 2. The lowest BCUT2D eigenvalue weighted by Gasteiger charge is -2.10. The van der Waals surface area contributed by atoms with Crippen LogP contribution in [-0.2, 0) is 16.1 Å². The SMILES string of the molecule is CC(C)Oc1ccc(NC(=O)C(=O)NCc2ccc(F)cc2)cc1. The maximum absolute atomic E-state index is 12.8. The minimum atomic E-state index is -0.769. The Labute approximate surface area is 139 Å². The molecule has 5 nitrogen and oxygen atoms in total. The molecule has 2 aromatic carbocycles. The Hall–Kier alpha value is -2.89. The Balaban J connectivity index is 1.84. The van der Waals surface area contributed by atoms with Crippen molar-refractivity contribution in [3.8, 4) is 5.75 Å². The molecule has 0 saturated carbocycles. The molecule has 0 bridgehead atoms. The molecule has 0 unspecified atom stereocenters. The predicted octanol–water partition coefficient (Wildman–Crippen LogP) is 2.87. The van der Waals surface area contributed by atoms with Crippen molar-refractivity contribution < 1.29 is 18.7 Å². The number of ether oxygens (including phenoxy) is 1. The van der Waals surface area contributed by atoms with Gasteiger partial charge < -0.3 is 15.4 Å². The fraction of sp³-hybridized carbons (Fsp3) is 0.222. The van der Waals surface area contributed by atoms with Gasteiger partial charge >= 0.3 is 11.8 Å². The van der Waals surface area contributed by atoms with Crippen LogP contribution in [0.2, 0.25) is 0 Å². The molecule has 0 spiro atoms. The third kappa shape index (κ3) is 5.39. The van der Waals surface area contributed by atoms with Crippen LogP contribution < -0.4 is 15.4 Å². The lowest BCUT2D eigenvalue weighted by atomic mass is 10.2. The lowest BCUT2D eigenvalue weighted by Crippen LogP contribution is -2.34. The average Bonchev–Trinajstić information content (AvgIpc) is 2.55. The van der Waals surface area contributed by atoms with Gasteiger partial charge in [-0.05, 0) is 55.8 Å². The van der Waals surface area contributed by atoms with Crippen LogP contribution in [0.3, 0.4) is 0 Å². The van der Waals surface area contributed by atoms with Gasteiger partial charge in [-0.3, -0.25) is 9.59 Å². The summed E-state index contributed by atoms with van der Waals surface area (Å²) < 4.78 is 18.3. The Kier molecular flexibility index (Phi) is 5.89. The molecule has 24 heavy (non-hydrogen) atoms. The van der Waals surface area contributed by atoms with Gasteiger partial charge in [-0.25, -0.2) is 4.39 Å². The summed E-state index contributed by atoms with van der Waals surface area (Å²) in [5.74, 6) is -1.20. The smallest absolute Gasteiger partial charge is 0.313 e. The molecular weight excluding hydrogens is 311 g/mol. The van der Waals surface area contributed by atoms with Crippen molar-refractivity contribution in [1.29, 1.82) is 0 Å². The number of hydrogen-bond donors (Lipinski definition) is 2. The first-order valence-corrected chi connectivity index (χ1v) is 7.54. The maximum atomic E-state index is 12.8. The number of carbonyl (C=O) groups is 2. The highest BCUT2D eigenvalue weighted by atomic mass is 19.1. The topological polar surface area (TPSA) is 67.4 Å². The standard InChI is InChI=1S/C18H19FN2O3/c1-12(2)24-16-9-7-15(8-10-16)21-18(23)17(22)20-11-13-3-5-14(19)6-4-13/h3-10,12H,11H2,1-2H3,(H,20,22)(H,21,23). The van der Waals surface area contributed by atoms with Crippen molar-refractivity contribution >= 4 is 17.5 Å². The van der Waals surface area contributed by atoms with Crippen molar-refractivity contribution in [3.63, 3.8) is 0 Å². The van der Waals surface area contributed by atoms with Crippen molar-refractivity contribution in [2.24, 2.45) is 0 Å². The quantitative estimate of drug-likeness (QED) is 0.829. The van der Waals surface area contributed by atoms with E-state index in [-0.39, 0.29) is 18.5 Å². The Morgan fingerprint density at radius 1 is 1.00 bits per heavy atom. The van der Waals surface area contributed by atoms with Gasteiger partial charge in [-0.2, -0.15) is 0 Å². The first-order chi connectivity index (χ1) is 11.4. The van der Waals surface area contributed by atoms with Gasteiger partial charge in [0, 0.05) is 12.2 Å². The number of benzene rings is 2. The number of halogens is 1. The molecule has 0 atom stereocenters. The molecule has 0 aliphatic rings. The summed E-state index contributed by atoms with van der Waals surface area (Å²) in [7, 11) is 0. The molecule has 2 amide bonds. The second-order valence-corrected chi connectivity index (χ2v) is 5.45. The second kappa shape index (κ2) is 8.10. The highest BCUT2D eigenvalue weighted by molar-refractivity contribution is 6.39. The van der Waals surface area contributed by atoms with Crippen LogP contribution in [-0.4, -0.2) is 17.9 Å². The zero-order valence-corrected chi connectivity index (χ0v) is 13.5. The number of amides is 2. The van der Waals surface area contributed by atoms with E-state index in [4.69, 9.17) is 4.74 Å². The van der Waals surface area contributed by atoms with E-state index in [9.17, 15) is 14.0 Å². The van der Waals surface area contributed by atoms with Crippen LogP contribution in [0.5, 0.6) is 5.75 Å². The summed E-state index contributed by atoms with van der Waals surface area (Å²) in [5, 5.41) is 4.98. The second-order valence-electron chi connectivity index (χ2n) is 5.45. The zero-order valence-electron chi connectivity index (χ0n) is 13.5. The highest BCUT2D eigenvalue weighted by Crippen LogP contribution is 2.16. The molecule has 0 fully saturated rings. The van der Waals surface area contributed by atoms with E-state index in [1.165, 1.54) is 12.1 Å². The van der Waals surface area contributed by atoms with Crippen molar-refractivity contribution in [1.82, 2.24) is 5.32 Å². The van der Waals surface area contributed by atoms with Crippen molar-refractivity contribution in [2.45, 2.75) is 26.5 Å². The minimum Gasteiger partial charge on any atom is -0.491 e. The third-order valence-electron chi connectivity index (χ3n) is 3.06. The van der Waals surface area contributed by atoms with Gasteiger partial charge in [0.2, 0.25) is 0 Å². The van der Waals surface area contributed by atoms with Crippen molar-refractivity contribution in [3.05, 3.63) is 59.9 Å². The summed E-state index contributed by atoms with van der Waals surface area (Å²) in [6.45, 7) is 3.98. The molecule has 0 aliphatic heterocycles. The molecule has 0 heterocycles. The van der Waals surface area contributed by atoms with Gasteiger partial charge in [-0.15, -0.1) is 0 Å². The van der Waals surface area contributed by atoms with Crippen molar-refractivity contribution in [2.75, 3.05) is 5.32 Å². The summed E-state index contributed by atoms with van der Waals surface area (Å²) >= 11 is 0. The number of hydrogen-bond acceptors (Lipinski definition) is 3. The first-order valence-electron chi connectivity index (χ1n) is 7.54. The summed E-state index contributed by atoms with van der Waals surface area (Å²) in [6, 6.07) is 12.4. The van der Waals surface area contributed by atoms with E-state index in [1.54, 1.807) is 36.4 Å². The molecule has 0 radical (unpaired) electrons. The molecule has 0 aliphatic carbocycles. The Morgan fingerprint density at radius 2 is 1.62 bits per heavy atom. The molecule has 126 valence electrons. The Morgan fingerprint density at radius 3 is 2.21 bits per heavy atom. The van der Waals surface area contributed by atoms with E-state index in [2.05, 4.69) is 10.6 Å². The molecule has 2 N–H and O–H groups in total. The molecule has 2 aromatic rings. The maximum Gasteiger partial charge on any atom is 0.313 e. The average molecular weight is 330 g/mol. The van der Waals surface area contributed by atoms with Crippen LogP contribution in [0, 0.1) is 5.82 Å². The monoisotopic (exact) mass is 330 g/mol. The van der Waals surface area contributed by atoms with Crippen LogP contribution >= 0.6 is 0 Å². The third-order valence-corrected chi connectivity index (χ3v) is 3.06. The Bertz CT molecular complexity index is 697. The van der Waals surface area contributed by atoms with E-state index in [0.717, 1.165) is 0 Å². The highest BCUT2D eigenvalue weighted by Gasteiger charge is 2.13. The molecule has 0 saturated heterocycles. The van der Waals surface area contributed by atoms with Gasteiger partial charge in [0.1, 0.15) is 11.6 Å². The van der Waals surface area contributed by atoms with Gasteiger partial charge in [0.05, 0.1) is 6.10 Å². The van der Waals surface area contributed by atoms with E-state index >= 15 is 0 Å². The van der Waals surface area contributed by atoms with E-state index < -0.39 is 11.8 Å². The van der Waals surface area contributed by atoms with Gasteiger partial charge in [0.15, 0.2) is 0 Å². The number of rotatable bonds is 5. The number of anilines is 1. The fourth-order valence-corrected chi connectivity index (χ4v) is 1.94. The molecule has 2 rings (SSSR count). The first kappa shape index (κ1) is 17.5. The lowest BCUT2D eigenvalue weighted by molar-refractivity contribution is -0.136. The number of nitrogens with one attached hydrogen (secondary N) is 2. The van der Waals surface area contributed by atoms with Gasteiger partial charge in [-0.1, -0.05) is 12.1 Å². The minimum absolute atomic E-state index is 0.0580. The zero-order chi connectivity index (χ0) is 17.5. The largest absolute Gasteiger partial charge is 0.491 e. The molecular formula is C18H19FN2O3. The predicted molar refractivity (Wildman–Crippen MR) is 89.1 cm³/mol. The summed E-state index contributed by atoms with van der Waals surface area (Å²) in [5.41, 5.74) is 1.20. The van der Waals surface area contributed by atoms with Crippen LogP contribution in [0.15, 0.2) is 48.5 Å². The van der Waals surface area contributed by atoms with Gasteiger partial charge in [0.25, 0.3) is 0 Å².